The number of aromatic nitrogens is 1. The van der Waals surface area contributed by atoms with Gasteiger partial charge in [0.25, 0.3) is 0 Å². The minimum atomic E-state index is -0.547. The number of ketones is 1. The summed E-state index contributed by atoms with van der Waals surface area (Å²) in [5.41, 5.74) is 0.129. The average molecular weight is 223 g/mol. The number of pyridine rings is 1. The van der Waals surface area contributed by atoms with E-state index in [1.807, 2.05) is 6.92 Å². The number of rotatable bonds is 3. The van der Waals surface area contributed by atoms with Crippen LogP contribution in [0.25, 0.3) is 0 Å². The summed E-state index contributed by atoms with van der Waals surface area (Å²) in [6.07, 6.45) is 3.90. The molecule has 0 aromatic carbocycles. The molecule has 0 bridgehead atoms. The van der Waals surface area contributed by atoms with Crippen molar-refractivity contribution in [2.24, 2.45) is 5.92 Å². The molecule has 86 valence electrons. The fourth-order valence-electron chi connectivity index (χ4n) is 2.13. The Balaban J connectivity index is 2.22. The number of carbonyl (C=O) groups is 1. The molecule has 0 N–H and O–H groups in total. The topological polar surface area (TPSA) is 39.2 Å². The maximum atomic E-state index is 13.4. The van der Waals surface area contributed by atoms with Crippen molar-refractivity contribution < 1.29 is 13.9 Å². The number of ether oxygens (including phenoxy) is 1. The quantitative estimate of drug-likeness (QED) is 0.737. The Bertz CT molecular complexity index is 394. The Hall–Kier alpha value is -1.29. The molecule has 2 atom stereocenters. The average Bonchev–Trinajstić information content (AvgIpc) is 2.77. The van der Waals surface area contributed by atoms with Crippen LogP contribution in [0.15, 0.2) is 18.5 Å². The smallest absolute Gasteiger partial charge is 0.171 e. The summed E-state index contributed by atoms with van der Waals surface area (Å²) in [6, 6.07) is 1.43. The lowest BCUT2D eigenvalue weighted by atomic mass is 9.91. The standard InChI is InChI=1S/C12H14FNO2/c1-2-11-9(4-6-16-11)12(15)8-3-5-14-7-10(8)13/h3,5,7,9,11H,2,4,6H2,1H3. The summed E-state index contributed by atoms with van der Waals surface area (Å²) >= 11 is 0. The minimum Gasteiger partial charge on any atom is -0.377 e. The van der Waals surface area contributed by atoms with Gasteiger partial charge < -0.3 is 4.74 Å². The highest BCUT2D eigenvalue weighted by Crippen LogP contribution is 2.27. The maximum absolute atomic E-state index is 13.4. The molecule has 0 spiro atoms. The maximum Gasteiger partial charge on any atom is 0.171 e. The fourth-order valence-corrected chi connectivity index (χ4v) is 2.13. The van der Waals surface area contributed by atoms with Gasteiger partial charge in [0.1, 0.15) is 0 Å². The van der Waals surface area contributed by atoms with Crippen LogP contribution in [0.3, 0.4) is 0 Å². The molecule has 1 saturated heterocycles. The molecule has 0 saturated carbocycles. The molecule has 3 nitrogen and oxygen atoms in total. The lowest BCUT2D eigenvalue weighted by Gasteiger charge is -2.15. The van der Waals surface area contributed by atoms with E-state index in [-0.39, 0.29) is 23.4 Å². The van der Waals surface area contributed by atoms with E-state index in [4.69, 9.17) is 4.74 Å². The molecule has 1 aliphatic heterocycles. The van der Waals surface area contributed by atoms with Crippen molar-refractivity contribution in [1.82, 2.24) is 4.98 Å². The van der Waals surface area contributed by atoms with E-state index in [9.17, 15) is 9.18 Å². The predicted molar refractivity (Wildman–Crippen MR) is 56.7 cm³/mol. The van der Waals surface area contributed by atoms with E-state index in [1.165, 1.54) is 12.3 Å². The van der Waals surface area contributed by atoms with E-state index in [0.717, 1.165) is 12.6 Å². The lowest BCUT2D eigenvalue weighted by Crippen LogP contribution is -2.24. The van der Waals surface area contributed by atoms with Gasteiger partial charge >= 0.3 is 0 Å². The number of hydrogen-bond acceptors (Lipinski definition) is 3. The lowest BCUT2D eigenvalue weighted by molar-refractivity contribution is 0.0686. The monoisotopic (exact) mass is 223 g/mol. The van der Waals surface area contributed by atoms with Gasteiger partial charge in [-0.25, -0.2) is 4.39 Å². The Labute approximate surface area is 93.6 Å². The van der Waals surface area contributed by atoms with Crippen LogP contribution in [0.1, 0.15) is 30.1 Å². The predicted octanol–water partition coefficient (Wildman–Crippen LogP) is 2.22. The van der Waals surface area contributed by atoms with Gasteiger partial charge in [0.15, 0.2) is 11.6 Å². The number of halogens is 1. The molecule has 2 heterocycles. The zero-order chi connectivity index (χ0) is 11.5. The molecule has 4 heteroatoms. The van der Waals surface area contributed by atoms with Crippen molar-refractivity contribution in [2.45, 2.75) is 25.9 Å². The molecule has 0 aliphatic carbocycles. The first-order valence-corrected chi connectivity index (χ1v) is 5.49. The number of carbonyl (C=O) groups excluding carboxylic acids is 1. The zero-order valence-electron chi connectivity index (χ0n) is 9.15. The molecule has 2 unspecified atom stereocenters. The number of Topliss-reactive ketones (excluding diaryl/α,β-unsaturated/α-hetero) is 1. The van der Waals surface area contributed by atoms with Crippen LogP contribution >= 0.6 is 0 Å². The van der Waals surface area contributed by atoms with E-state index >= 15 is 0 Å². The Morgan fingerprint density at radius 1 is 1.69 bits per heavy atom. The second-order valence-corrected chi connectivity index (χ2v) is 3.93. The summed E-state index contributed by atoms with van der Waals surface area (Å²) in [7, 11) is 0. The molecule has 2 rings (SSSR count). The highest BCUT2D eigenvalue weighted by atomic mass is 19.1. The Morgan fingerprint density at radius 2 is 2.50 bits per heavy atom. The Morgan fingerprint density at radius 3 is 3.19 bits per heavy atom. The summed E-state index contributed by atoms with van der Waals surface area (Å²) in [5.74, 6) is -0.916. The van der Waals surface area contributed by atoms with Gasteiger partial charge in [-0.15, -0.1) is 0 Å². The summed E-state index contributed by atoms with van der Waals surface area (Å²) in [4.78, 5) is 15.7. The highest BCUT2D eigenvalue weighted by molar-refractivity contribution is 5.98. The molecule has 0 amide bonds. The largest absolute Gasteiger partial charge is 0.377 e. The van der Waals surface area contributed by atoms with Gasteiger partial charge in [-0.1, -0.05) is 6.92 Å². The van der Waals surface area contributed by atoms with Gasteiger partial charge in [-0.05, 0) is 18.9 Å². The third kappa shape index (κ3) is 1.97. The molecular formula is C12H14FNO2. The summed E-state index contributed by atoms with van der Waals surface area (Å²) < 4.78 is 18.8. The van der Waals surface area contributed by atoms with Crippen LogP contribution < -0.4 is 0 Å². The van der Waals surface area contributed by atoms with Crippen molar-refractivity contribution in [3.05, 3.63) is 29.8 Å². The SMILES string of the molecule is CCC1OCCC1C(=O)c1ccncc1F. The van der Waals surface area contributed by atoms with Gasteiger partial charge in [-0.2, -0.15) is 0 Å². The first kappa shape index (κ1) is 11.2. The van der Waals surface area contributed by atoms with Crippen molar-refractivity contribution >= 4 is 5.78 Å². The zero-order valence-corrected chi connectivity index (χ0v) is 9.15. The fraction of sp³-hybridized carbons (Fsp3) is 0.500. The molecule has 1 aliphatic rings. The van der Waals surface area contributed by atoms with E-state index < -0.39 is 5.82 Å². The summed E-state index contributed by atoms with van der Waals surface area (Å²) in [6.45, 7) is 2.56. The molecule has 16 heavy (non-hydrogen) atoms. The Kier molecular flexibility index (Phi) is 3.29. The van der Waals surface area contributed by atoms with Crippen LogP contribution in [0.4, 0.5) is 4.39 Å². The molecule has 0 radical (unpaired) electrons. The molecule has 1 fully saturated rings. The van der Waals surface area contributed by atoms with Crippen LogP contribution in [0.5, 0.6) is 0 Å². The molecule has 1 aromatic heterocycles. The first-order valence-electron chi connectivity index (χ1n) is 5.49. The van der Waals surface area contributed by atoms with Gasteiger partial charge in [0.2, 0.25) is 0 Å². The minimum absolute atomic E-state index is 0.0694. The third-order valence-electron chi connectivity index (χ3n) is 2.99. The number of nitrogens with zero attached hydrogens (tertiary/aromatic N) is 1. The van der Waals surface area contributed by atoms with E-state index in [0.29, 0.717) is 13.0 Å². The van der Waals surface area contributed by atoms with Crippen LogP contribution in [0, 0.1) is 11.7 Å². The second-order valence-electron chi connectivity index (χ2n) is 3.93. The van der Waals surface area contributed by atoms with Crippen molar-refractivity contribution in [1.29, 1.82) is 0 Å². The van der Waals surface area contributed by atoms with E-state index in [2.05, 4.69) is 4.98 Å². The van der Waals surface area contributed by atoms with Crippen LogP contribution in [0.2, 0.25) is 0 Å². The second kappa shape index (κ2) is 4.70. The van der Waals surface area contributed by atoms with Gasteiger partial charge in [-0.3, -0.25) is 9.78 Å². The normalized spacial score (nSPS) is 24.6. The van der Waals surface area contributed by atoms with Crippen molar-refractivity contribution in [2.75, 3.05) is 6.61 Å². The van der Waals surface area contributed by atoms with Gasteiger partial charge in [0.05, 0.1) is 23.8 Å². The molecule has 1 aromatic rings. The van der Waals surface area contributed by atoms with Crippen molar-refractivity contribution in [3.8, 4) is 0 Å². The van der Waals surface area contributed by atoms with Gasteiger partial charge in [0, 0.05) is 12.8 Å². The number of hydrogen-bond donors (Lipinski definition) is 0. The summed E-state index contributed by atoms with van der Waals surface area (Å²) in [5, 5.41) is 0. The highest BCUT2D eigenvalue weighted by Gasteiger charge is 2.34. The first-order chi connectivity index (χ1) is 7.74. The van der Waals surface area contributed by atoms with Crippen molar-refractivity contribution in [3.63, 3.8) is 0 Å². The van der Waals surface area contributed by atoms with E-state index in [1.54, 1.807) is 0 Å². The molecular weight excluding hydrogens is 209 g/mol. The van der Waals surface area contributed by atoms with Crippen LogP contribution in [-0.2, 0) is 4.74 Å². The third-order valence-corrected chi connectivity index (χ3v) is 2.99. The van der Waals surface area contributed by atoms with Crippen LogP contribution in [-0.4, -0.2) is 23.5 Å².